The second-order valence-corrected chi connectivity index (χ2v) is 7.11. The van der Waals surface area contributed by atoms with Crippen molar-refractivity contribution in [1.29, 1.82) is 0 Å². The van der Waals surface area contributed by atoms with Crippen LogP contribution >= 0.6 is 0 Å². The number of amides is 1. The average Bonchev–Trinajstić information content (AvgIpc) is 2.52. The number of pyridine rings is 1. The Kier molecular flexibility index (Phi) is 6.04. The number of piperidine rings is 1. The molecule has 0 aromatic carbocycles. The van der Waals surface area contributed by atoms with E-state index in [4.69, 9.17) is 14.2 Å². The molecule has 1 aliphatic heterocycles. The van der Waals surface area contributed by atoms with Crippen molar-refractivity contribution in [3.8, 4) is 5.75 Å². The van der Waals surface area contributed by atoms with E-state index in [9.17, 15) is 4.79 Å². The van der Waals surface area contributed by atoms with E-state index in [0.29, 0.717) is 19.0 Å². The lowest BCUT2D eigenvalue weighted by molar-refractivity contribution is 0.0204. The lowest BCUT2D eigenvalue weighted by Gasteiger charge is -2.33. The highest BCUT2D eigenvalue weighted by molar-refractivity contribution is 5.68. The molecule has 2 rings (SSSR count). The topological polar surface area (TPSA) is 60.9 Å². The third kappa shape index (κ3) is 5.09. The Hall–Kier alpha value is -1.82. The first-order chi connectivity index (χ1) is 11.3. The van der Waals surface area contributed by atoms with Gasteiger partial charge < -0.3 is 19.1 Å². The van der Waals surface area contributed by atoms with Crippen LogP contribution in [0.4, 0.5) is 4.79 Å². The maximum absolute atomic E-state index is 12.1. The normalized spacial score (nSPS) is 16.1. The van der Waals surface area contributed by atoms with E-state index < -0.39 is 5.60 Å². The third-order valence-electron chi connectivity index (χ3n) is 3.96. The van der Waals surface area contributed by atoms with E-state index in [1.807, 2.05) is 39.8 Å². The number of methoxy groups -OCH3 is 1. The van der Waals surface area contributed by atoms with Crippen LogP contribution in [0.2, 0.25) is 0 Å². The fraction of sp³-hybridized carbons (Fsp3) is 0.667. The molecule has 0 aliphatic carbocycles. The molecular formula is C18H28N2O4. The predicted molar refractivity (Wildman–Crippen MR) is 91.3 cm³/mol. The minimum Gasteiger partial charge on any atom is -0.466 e. The zero-order valence-corrected chi connectivity index (χ0v) is 15.3. The molecule has 0 radical (unpaired) electrons. The molecule has 134 valence electrons. The Morgan fingerprint density at radius 3 is 2.50 bits per heavy atom. The van der Waals surface area contributed by atoms with Crippen LogP contribution in [-0.4, -0.2) is 48.6 Å². The van der Waals surface area contributed by atoms with E-state index in [0.717, 1.165) is 30.0 Å². The maximum Gasteiger partial charge on any atom is 0.410 e. The highest BCUT2D eigenvalue weighted by atomic mass is 16.7. The Balaban J connectivity index is 1.92. The first-order valence-corrected chi connectivity index (χ1v) is 8.37. The van der Waals surface area contributed by atoms with Crippen molar-refractivity contribution in [3.05, 3.63) is 23.5 Å². The summed E-state index contributed by atoms with van der Waals surface area (Å²) in [5, 5.41) is 0. The zero-order chi connectivity index (χ0) is 17.7. The fourth-order valence-electron chi connectivity index (χ4n) is 2.75. The van der Waals surface area contributed by atoms with Crippen molar-refractivity contribution in [2.45, 2.75) is 52.1 Å². The summed E-state index contributed by atoms with van der Waals surface area (Å²) in [6, 6.07) is 3.95. The van der Waals surface area contributed by atoms with Crippen LogP contribution in [0.15, 0.2) is 12.1 Å². The van der Waals surface area contributed by atoms with Crippen molar-refractivity contribution in [3.63, 3.8) is 0 Å². The number of ether oxygens (including phenoxy) is 3. The lowest BCUT2D eigenvalue weighted by Crippen LogP contribution is -2.41. The minimum atomic E-state index is -0.454. The van der Waals surface area contributed by atoms with Gasteiger partial charge in [0, 0.05) is 31.8 Å². The number of carbonyl (C=O) groups excluding carboxylic acids is 1. The second kappa shape index (κ2) is 7.83. The second-order valence-electron chi connectivity index (χ2n) is 7.11. The summed E-state index contributed by atoms with van der Waals surface area (Å²) in [6.07, 6.45) is 1.56. The molecular weight excluding hydrogens is 308 g/mol. The van der Waals surface area contributed by atoms with Crippen LogP contribution in [0.1, 0.15) is 50.9 Å². The van der Waals surface area contributed by atoms with Gasteiger partial charge in [-0.25, -0.2) is 4.79 Å². The zero-order valence-electron chi connectivity index (χ0n) is 15.3. The predicted octanol–water partition coefficient (Wildman–Crippen LogP) is 3.49. The van der Waals surface area contributed by atoms with Gasteiger partial charge in [0.05, 0.1) is 5.69 Å². The highest BCUT2D eigenvalue weighted by Gasteiger charge is 2.28. The quantitative estimate of drug-likeness (QED) is 0.788. The molecule has 6 heteroatoms. The monoisotopic (exact) mass is 336 g/mol. The molecule has 1 saturated heterocycles. The van der Waals surface area contributed by atoms with Crippen molar-refractivity contribution in [1.82, 2.24) is 9.88 Å². The first-order valence-electron chi connectivity index (χ1n) is 8.37. The number of aryl methyl sites for hydroxylation is 1. The molecule has 1 aliphatic rings. The summed E-state index contributed by atoms with van der Waals surface area (Å²) in [4.78, 5) is 18.6. The van der Waals surface area contributed by atoms with Gasteiger partial charge in [-0.2, -0.15) is 0 Å². The minimum absolute atomic E-state index is 0.218. The molecule has 0 N–H and O–H groups in total. The molecule has 0 saturated carbocycles. The maximum atomic E-state index is 12.1. The molecule has 1 fully saturated rings. The summed E-state index contributed by atoms with van der Waals surface area (Å²) < 4.78 is 15.8. The van der Waals surface area contributed by atoms with Crippen molar-refractivity contribution in [2.75, 3.05) is 27.0 Å². The Morgan fingerprint density at radius 2 is 1.96 bits per heavy atom. The SMILES string of the molecule is COCOc1ccc(C2CCN(C(=O)OC(C)(C)C)CC2)nc1C. The first kappa shape index (κ1) is 18.5. The fourth-order valence-corrected chi connectivity index (χ4v) is 2.75. The van der Waals surface area contributed by atoms with Gasteiger partial charge in [-0.3, -0.25) is 4.98 Å². The van der Waals surface area contributed by atoms with Gasteiger partial charge in [-0.1, -0.05) is 0 Å². The largest absolute Gasteiger partial charge is 0.466 e. The van der Waals surface area contributed by atoms with E-state index in [1.54, 1.807) is 12.0 Å². The van der Waals surface area contributed by atoms with Gasteiger partial charge in [-0.05, 0) is 52.7 Å². The van der Waals surface area contributed by atoms with Crippen LogP contribution in [0.25, 0.3) is 0 Å². The lowest BCUT2D eigenvalue weighted by atomic mass is 9.93. The number of nitrogens with zero attached hydrogens (tertiary/aromatic N) is 2. The Labute approximate surface area is 144 Å². The standard InChI is InChI=1S/C18H28N2O4/c1-13-16(23-12-22-5)7-6-15(19-13)14-8-10-20(11-9-14)17(21)24-18(2,3)4/h6-7,14H,8-12H2,1-5H3. The van der Waals surface area contributed by atoms with Gasteiger partial charge in [0.25, 0.3) is 0 Å². The van der Waals surface area contributed by atoms with Crippen LogP contribution < -0.4 is 4.74 Å². The molecule has 6 nitrogen and oxygen atoms in total. The molecule has 0 unspecified atom stereocenters. The molecule has 2 heterocycles. The average molecular weight is 336 g/mol. The summed E-state index contributed by atoms with van der Waals surface area (Å²) in [6.45, 7) is 9.21. The molecule has 0 atom stereocenters. The van der Waals surface area contributed by atoms with E-state index >= 15 is 0 Å². The van der Waals surface area contributed by atoms with Crippen LogP contribution in [0.3, 0.4) is 0 Å². The molecule has 1 amide bonds. The number of hydrogen-bond donors (Lipinski definition) is 0. The summed E-state index contributed by atoms with van der Waals surface area (Å²) >= 11 is 0. The molecule has 0 spiro atoms. The number of rotatable bonds is 4. The van der Waals surface area contributed by atoms with Crippen molar-refractivity contribution < 1.29 is 19.0 Å². The number of carbonyl (C=O) groups is 1. The van der Waals surface area contributed by atoms with Gasteiger partial charge in [0.15, 0.2) is 6.79 Å². The highest BCUT2D eigenvalue weighted by Crippen LogP contribution is 2.29. The summed E-state index contributed by atoms with van der Waals surface area (Å²) in [5.74, 6) is 1.10. The van der Waals surface area contributed by atoms with Gasteiger partial charge in [-0.15, -0.1) is 0 Å². The summed E-state index contributed by atoms with van der Waals surface area (Å²) in [7, 11) is 1.59. The van der Waals surface area contributed by atoms with Gasteiger partial charge >= 0.3 is 6.09 Å². The molecule has 1 aromatic rings. The Bertz CT molecular complexity index is 561. The Morgan fingerprint density at radius 1 is 1.29 bits per heavy atom. The van der Waals surface area contributed by atoms with E-state index in [-0.39, 0.29) is 12.9 Å². The molecule has 1 aromatic heterocycles. The van der Waals surface area contributed by atoms with Crippen molar-refractivity contribution >= 4 is 6.09 Å². The number of aromatic nitrogens is 1. The number of hydrogen-bond acceptors (Lipinski definition) is 5. The van der Waals surface area contributed by atoms with Crippen LogP contribution in [-0.2, 0) is 9.47 Å². The van der Waals surface area contributed by atoms with E-state index in [1.165, 1.54) is 0 Å². The van der Waals surface area contributed by atoms with Crippen molar-refractivity contribution in [2.24, 2.45) is 0 Å². The van der Waals surface area contributed by atoms with Gasteiger partial charge in [0.2, 0.25) is 0 Å². The smallest absolute Gasteiger partial charge is 0.410 e. The number of likely N-dealkylation sites (tertiary alicyclic amines) is 1. The molecule has 24 heavy (non-hydrogen) atoms. The van der Waals surface area contributed by atoms with Crippen LogP contribution in [0, 0.1) is 6.92 Å². The summed E-state index contributed by atoms with van der Waals surface area (Å²) in [5.41, 5.74) is 1.46. The van der Waals surface area contributed by atoms with Crippen LogP contribution in [0.5, 0.6) is 5.75 Å². The van der Waals surface area contributed by atoms with E-state index in [2.05, 4.69) is 4.98 Å². The third-order valence-corrected chi connectivity index (χ3v) is 3.96. The van der Waals surface area contributed by atoms with Gasteiger partial charge in [0.1, 0.15) is 11.4 Å². The molecule has 0 bridgehead atoms.